The lowest BCUT2D eigenvalue weighted by atomic mass is 9.85. The number of likely N-dealkylation sites (tertiary alicyclic amines) is 1. The topological polar surface area (TPSA) is 116 Å². The van der Waals surface area contributed by atoms with Crippen molar-refractivity contribution in [3.05, 3.63) is 36.4 Å². The van der Waals surface area contributed by atoms with Crippen molar-refractivity contribution in [1.29, 1.82) is 0 Å². The van der Waals surface area contributed by atoms with E-state index < -0.39 is 0 Å². The van der Waals surface area contributed by atoms with Crippen LogP contribution in [0.2, 0.25) is 0 Å². The lowest BCUT2D eigenvalue weighted by molar-refractivity contribution is -0.141. The van der Waals surface area contributed by atoms with Gasteiger partial charge in [-0.05, 0) is 44.0 Å². The summed E-state index contributed by atoms with van der Waals surface area (Å²) in [6.07, 6.45) is 4.95. The first kappa shape index (κ1) is 23.2. The lowest BCUT2D eigenvalue weighted by Crippen LogP contribution is -2.40. The summed E-state index contributed by atoms with van der Waals surface area (Å²) < 4.78 is 0. The van der Waals surface area contributed by atoms with E-state index in [1.54, 1.807) is 31.2 Å². The SMILES string of the molecule is CCN(CC(=O)Nc1ccc(NC(C)=O)cc1)C(=O)CCN1C(=O)[C@H]2CC=CC[C@H]2C1=O. The van der Waals surface area contributed by atoms with E-state index in [0.717, 1.165) is 0 Å². The van der Waals surface area contributed by atoms with E-state index >= 15 is 0 Å². The van der Waals surface area contributed by atoms with Crippen molar-refractivity contribution in [2.75, 3.05) is 30.3 Å². The molecule has 2 atom stereocenters. The minimum absolute atomic E-state index is 0.0170. The number of allylic oxidation sites excluding steroid dienone is 2. The van der Waals surface area contributed by atoms with Crippen LogP contribution in [0.15, 0.2) is 36.4 Å². The molecule has 0 saturated carbocycles. The summed E-state index contributed by atoms with van der Waals surface area (Å²) in [6, 6.07) is 6.63. The summed E-state index contributed by atoms with van der Waals surface area (Å²) in [7, 11) is 0. The van der Waals surface area contributed by atoms with Crippen LogP contribution in [-0.2, 0) is 24.0 Å². The van der Waals surface area contributed by atoms with Gasteiger partial charge in [-0.15, -0.1) is 0 Å². The van der Waals surface area contributed by atoms with Gasteiger partial charge in [-0.1, -0.05) is 12.2 Å². The summed E-state index contributed by atoms with van der Waals surface area (Å²) in [5, 5.41) is 5.36. The second-order valence-electron chi connectivity index (χ2n) is 7.95. The average molecular weight is 441 g/mol. The molecule has 1 aliphatic carbocycles. The number of carbonyl (C=O) groups is 5. The van der Waals surface area contributed by atoms with Gasteiger partial charge in [0.05, 0.1) is 18.4 Å². The Morgan fingerprint density at radius 1 is 0.969 bits per heavy atom. The normalized spacial score (nSPS) is 19.5. The maximum absolute atomic E-state index is 12.6. The van der Waals surface area contributed by atoms with Crippen molar-refractivity contribution in [1.82, 2.24) is 9.80 Å². The predicted molar refractivity (Wildman–Crippen MR) is 118 cm³/mol. The fourth-order valence-electron chi connectivity index (χ4n) is 4.05. The van der Waals surface area contributed by atoms with Crippen LogP contribution in [0.3, 0.4) is 0 Å². The highest BCUT2D eigenvalue weighted by Crippen LogP contribution is 2.35. The molecular weight excluding hydrogens is 412 g/mol. The van der Waals surface area contributed by atoms with Gasteiger partial charge in [-0.2, -0.15) is 0 Å². The maximum atomic E-state index is 12.6. The number of anilines is 2. The van der Waals surface area contributed by atoms with Gasteiger partial charge < -0.3 is 15.5 Å². The Labute approximate surface area is 186 Å². The zero-order chi connectivity index (χ0) is 23.3. The third-order valence-electron chi connectivity index (χ3n) is 5.71. The molecule has 9 nitrogen and oxygen atoms in total. The first-order valence-electron chi connectivity index (χ1n) is 10.8. The van der Waals surface area contributed by atoms with Gasteiger partial charge in [-0.3, -0.25) is 28.9 Å². The average Bonchev–Trinajstić information content (AvgIpc) is 3.01. The van der Waals surface area contributed by atoms with Crippen molar-refractivity contribution in [3.8, 4) is 0 Å². The van der Waals surface area contributed by atoms with Crippen molar-refractivity contribution >= 4 is 40.9 Å². The highest BCUT2D eigenvalue weighted by Gasteiger charge is 2.47. The molecule has 5 amide bonds. The Kier molecular flexibility index (Phi) is 7.40. The lowest BCUT2D eigenvalue weighted by Gasteiger charge is -2.22. The van der Waals surface area contributed by atoms with Gasteiger partial charge in [0.25, 0.3) is 0 Å². The van der Waals surface area contributed by atoms with E-state index in [1.165, 1.54) is 16.7 Å². The summed E-state index contributed by atoms with van der Waals surface area (Å²) >= 11 is 0. The third kappa shape index (κ3) is 5.40. The number of benzene rings is 1. The van der Waals surface area contributed by atoms with Crippen molar-refractivity contribution < 1.29 is 24.0 Å². The Bertz CT molecular complexity index is 914. The molecule has 0 aromatic heterocycles. The largest absolute Gasteiger partial charge is 0.334 e. The molecule has 2 N–H and O–H groups in total. The molecule has 2 aliphatic rings. The summed E-state index contributed by atoms with van der Waals surface area (Å²) in [5.41, 5.74) is 1.15. The fourth-order valence-corrected chi connectivity index (χ4v) is 4.05. The molecule has 1 aromatic rings. The van der Waals surface area contributed by atoms with Gasteiger partial charge in [0.15, 0.2) is 0 Å². The van der Waals surface area contributed by atoms with E-state index in [9.17, 15) is 24.0 Å². The molecule has 1 fully saturated rings. The second kappa shape index (κ2) is 10.2. The van der Waals surface area contributed by atoms with Gasteiger partial charge in [0.1, 0.15) is 0 Å². The minimum Gasteiger partial charge on any atom is -0.334 e. The number of nitrogens with zero attached hydrogens (tertiary/aromatic N) is 2. The summed E-state index contributed by atoms with van der Waals surface area (Å²) in [5.74, 6) is -1.89. The third-order valence-corrected chi connectivity index (χ3v) is 5.71. The Balaban J connectivity index is 1.50. The van der Waals surface area contributed by atoms with Gasteiger partial charge in [0, 0.05) is 37.8 Å². The maximum Gasteiger partial charge on any atom is 0.243 e. The molecule has 0 unspecified atom stereocenters. The minimum atomic E-state index is -0.363. The zero-order valence-corrected chi connectivity index (χ0v) is 18.3. The van der Waals surface area contributed by atoms with Crippen LogP contribution in [0.1, 0.15) is 33.1 Å². The first-order chi connectivity index (χ1) is 15.3. The summed E-state index contributed by atoms with van der Waals surface area (Å²) in [4.78, 5) is 63.7. The number of imide groups is 1. The molecule has 9 heteroatoms. The molecule has 1 aromatic carbocycles. The molecule has 0 spiro atoms. The molecule has 32 heavy (non-hydrogen) atoms. The van der Waals surface area contributed by atoms with Gasteiger partial charge >= 0.3 is 0 Å². The predicted octanol–water partition coefficient (Wildman–Crippen LogP) is 1.77. The van der Waals surface area contributed by atoms with Crippen LogP contribution in [-0.4, -0.2) is 59.0 Å². The van der Waals surface area contributed by atoms with E-state index in [-0.39, 0.29) is 60.9 Å². The number of fused-ring (bicyclic) bond motifs is 1. The number of hydrogen-bond acceptors (Lipinski definition) is 5. The van der Waals surface area contributed by atoms with E-state index in [2.05, 4.69) is 10.6 Å². The van der Waals surface area contributed by atoms with Crippen LogP contribution in [0.4, 0.5) is 11.4 Å². The first-order valence-corrected chi connectivity index (χ1v) is 10.8. The number of hydrogen-bond donors (Lipinski definition) is 2. The smallest absolute Gasteiger partial charge is 0.243 e. The highest BCUT2D eigenvalue weighted by molar-refractivity contribution is 6.05. The van der Waals surface area contributed by atoms with E-state index in [0.29, 0.717) is 30.8 Å². The molecule has 0 bridgehead atoms. The van der Waals surface area contributed by atoms with E-state index in [1.807, 2.05) is 12.2 Å². The molecule has 1 heterocycles. The van der Waals surface area contributed by atoms with Crippen molar-refractivity contribution in [3.63, 3.8) is 0 Å². The van der Waals surface area contributed by atoms with Crippen molar-refractivity contribution in [2.45, 2.75) is 33.1 Å². The Morgan fingerprint density at radius 2 is 1.50 bits per heavy atom. The van der Waals surface area contributed by atoms with Crippen LogP contribution in [0, 0.1) is 11.8 Å². The van der Waals surface area contributed by atoms with Crippen LogP contribution < -0.4 is 10.6 Å². The monoisotopic (exact) mass is 440 g/mol. The molecule has 1 saturated heterocycles. The second-order valence-corrected chi connectivity index (χ2v) is 7.95. The molecule has 0 radical (unpaired) electrons. The van der Waals surface area contributed by atoms with Crippen LogP contribution in [0.5, 0.6) is 0 Å². The van der Waals surface area contributed by atoms with Crippen LogP contribution in [0.25, 0.3) is 0 Å². The number of nitrogens with one attached hydrogen (secondary N) is 2. The van der Waals surface area contributed by atoms with Crippen molar-refractivity contribution in [2.24, 2.45) is 11.8 Å². The van der Waals surface area contributed by atoms with E-state index in [4.69, 9.17) is 0 Å². The fraction of sp³-hybridized carbons (Fsp3) is 0.435. The standard InChI is InChI=1S/C23H28N4O5/c1-3-26(14-20(29)25-17-10-8-16(9-11-17)24-15(2)28)21(30)12-13-27-22(31)18-6-4-5-7-19(18)23(27)32/h4-5,8-11,18-19H,3,6-7,12-14H2,1-2H3,(H,24,28)(H,25,29)/t18-,19+. The molecular formula is C23H28N4O5. The summed E-state index contributed by atoms with van der Waals surface area (Å²) in [6.45, 7) is 3.39. The number of likely N-dealkylation sites (N-methyl/N-ethyl adjacent to an activating group) is 1. The van der Waals surface area contributed by atoms with Crippen LogP contribution >= 0.6 is 0 Å². The number of carbonyl (C=O) groups excluding carboxylic acids is 5. The molecule has 3 rings (SSSR count). The number of rotatable bonds is 8. The highest BCUT2D eigenvalue weighted by atomic mass is 16.2. The molecule has 1 aliphatic heterocycles. The van der Waals surface area contributed by atoms with Gasteiger partial charge in [-0.25, -0.2) is 0 Å². The Hall–Kier alpha value is -3.49. The van der Waals surface area contributed by atoms with Gasteiger partial charge in [0.2, 0.25) is 29.5 Å². The zero-order valence-electron chi connectivity index (χ0n) is 18.3. The quantitative estimate of drug-likeness (QED) is 0.472. The molecule has 170 valence electrons. The number of amides is 5. The Morgan fingerprint density at radius 3 is 2.00 bits per heavy atom.